The van der Waals surface area contributed by atoms with Gasteiger partial charge in [0.05, 0.1) is 5.60 Å². The summed E-state index contributed by atoms with van der Waals surface area (Å²) in [6.45, 7) is 4.98. The van der Waals surface area contributed by atoms with Crippen molar-refractivity contribution in [2.45, 2.75) is 94.9 Å². The molecule has 0 aromatic heterocycles. The highest BCUT2D eigenvalue weighted by Gasteiger charge is 2.54. The Hall–Kier alpha value is -2.42. The van der Waals surface area contributed by atoms with Crippen LogP contribution in [0.4, 0.5) is 0 Å². The van der Waals surface area contributed by atoms with Gasteiger partial charge in [0.2, 0.25) is 11.8 Å². The molecule has 5 rings (SSSR count). The average molecular weight is 613 g/mol. The number of carbonyl (C=O) groups excluding carboxylic acids is 2. The number of ether oxygens (including phenoxy) is 1. The molecule has 3 aliphatic rings. The minimum Gasteiger partial charge on any atom is -0.457 e. The Morgan fingerprint density at radius 2 is 1.57 bits per heavy atom. The summed E-state index contributed by atoms with van der Waals surface area (Å²) in [4.78, 5) is 31.7. The van der Waals surface area contributed by atoms with Crippen molar-refractivity contribution >= 4 is 27.7 Å². The molecule has 2 heterocycles. The van der Waals surface area contributed by atoms with Gasteiger partial charge in [-0.3, -0.25) is 14.5 Å². The summed E-state index contributed by atoms with van der Waals surface area (Å²) in [5.41, 5.74) is -0.460. The molecule has 2 N–H and O–H groups in total. The van der Waals surface area contributed by atoms with E-state index in [0.717, 1.165) is 67.7 Å². The van der Waals surface area contributed by atoms with Crippen LogP contribution in [0, 0.1) is 0 Å². The predicted molar refractivity (Wildman–Crippen MR) is 159 cm³/mol. The van der Waals surface area contributed by atoms with E-state index in [9.17, 15) is 14.7 Å². The van der Waals surface area contributed by atoms with Crippen molar-refractivity contribution < 1.29 is 19.4 Å². The van der Waals surface area contributed by atoms with Crippen molar-refractivity contribution in [3.05, 3.63) is 58.6 Å². The first kappa shape index (κ1) is 29.1. The monoisotopic (exact) mass is 611 g/mol. The van der Waals surface area contributed by atoms with Gasteiger partial charge in [0.1, 0.15) is 23.1 Å². The van der Waals surface area contributed by atoms with E-state index in [1.807, 2.05) is 41.3 Å². The number of piperazine rings is 1. The number of rotatable bonds is 9. The number of nitrogens with zero attached hydrogens (tertiary/aromatic N) is 2. The van der Waals surface area contributed by atoms with Crippen molar-refractivity contribution in [2.75, 3.05) is 19.6 Å². The maximum atomic E-state index is 13.8. The maximum absolute atomic E-state index is 13.8. The van der Waals surface area contributed by atoms with Crippen LogP contribution in [-0.4, -0.2) is 63.5 Å². The molecule has 7 nitrogen and oxygen atoms in total. The van der Waals surface area contributed by atoms with Crippen LogP contribution in [0.25, 0.3) is 0 Å². The molecule has 1 atom stereocenters. The fraction of sp³-hybridized carbons (Fsp3) is 0.562. The average Bonchev–Trinajstić information content (AvgIpc) is 2.95. The number of aliphatic hydroxyl groups is 1. The van der Waals surface area contributed by atoms with E-state index in [4.69, 9.17) is 4.74 Å². The van der Waals surface area contributed by atoms with Crippen molar-refractivity contribution in [1.29, 1.82) is 0 Å². The highest BCUT2D eigenvalue weighted by Crippen LogP contribution is 2.37. The lowest BCUT2D eigenvalue weighted by Gasteiger charge is -2.52. The number of benzene rings is 2. The minimum absolute atomic E-state index is 0.0122. The Bertz CT molecular complexity index is 1160. The standard InChI is InChI=1S/C32H42BrN3O4/c1-2-3-19-36-29(37)28(22-31(39)15-5-4-6-16-31)34-30(38)32(36)17-20-35(21-18-32)23-24-7-11-26(12-8-24)40-27-13-9-25(33)10-14-27/h7-14,28,39H,2-6,15-23H2,1H3,(H,34,38)/t28-/m1/s1. The van der Waals surface area contributed by atoms with Crippen LogP contribution in [0.5, 0.6) is 11.5 Å². The Labute approximate surface area is 246 Å². The van der Waals surface area contributed by atoms with Gasteiger partial charge in [-0.2, -0.15) is 0 Å². The Kier molecular flexibility index (Phi) is 9.18. The summed E-state index contributed by atoms with van der Waals surface area (Å²) < 4.78 is 6.96. The van der Waals surface area contributed by atoms with Crippen LogP contribution in [0.2, 0.25) is 0 Å². The molecule has 2 aromatic rings. The molecular weight excluding hydrogens is 570 g/mol. The molecule has 2 saturated heterocycles. The van der Waals surface area contributed by atoms with Gasteiger partial charge < -0.3 is 20.1 Å². The topological polar surface area (TPSA) is 82.1 Å². The fourth-order valence-electron chi connectivity index (χ4n) is 6.59. The van der Waals surface area contributed by atoms with E-state index >= 15 is 0 Å². The molecule has 0 radical (unpaired) electrons. The third kappa shape index (κ3) is 6.55. The van der Waals surface area contributed by atoms with Crippen molar-refractivity contribution in [1.82, 2.24) is 15.1 Å². The zero-order chi connectivity index (χ0) is 28.2. The maximum Gasteiger partial charge on any atom is 0.246 e. The molecule has 8 heteroatoms. The first-order chi connectivity index (χ1) is 19.3. The number of halogens is 1. The molecule has 2 aromatic carbocycles. The number of unbranched alkanes of at least 4 members (excludes halogenated alkanes) is 1. The molecular formula is C32H42BrN3O4. The van der Waals surface area contributed by atoms with Gasteiger partial charge in [0, 0.05) is 37.1 Å². The van der Waals surface area contributed by atoms with Crippen LogP contribution in [0.3, 0.4) is 0 Å². The molecule has 1 saturated carbocycles. The van der Waals surface area contributed by atoms with E-state index in [2.05, 4.69) is 45.2 Å². The molecule has 1 spiro atoms. The molecule has 0 bridgehead atoms. The number of piperidine rings is 1. The zero-order valence-electron chi connectivity index (χ0n) is 23.5. The smallest absolute Gasteiger partial charge is 0.246 e. The van der Waals surface area contributed by atoms with Gasteiger partial charge in [-0.05, 0) is 74.1 Å². The number of hydrogen-bond donors (Lipinski definition) is 2. The van der Waals surface area contributed by atoms with Gasteiger partial charge in [-0.1, -0.05) is 60.7 Å². The summed E-state index contributed by atoms with van der Waals surface area (Å²) in [6, 6.07) is 15.3. The van der Waals surface area contributed by atoms with Gasteiger partial charge >= 0.3 is 0 Å². The lowest BCUT2D eigenvalue weighted by molar-refractivity contribution is -0.163. The van der Waals surface area contributed by atoms with Crippen LogP contribution in [-0.2, 0) is 16.1 Å². The van der Waals surface area contributed by atoms with Crippen LogP contribution < -0.4 is 10.1 Å². The lowest BCUT2D eigenvalue weighted by Crippen LogP contribution is -2.73. The predicted octanol–water partition coefficient (Wildman–Crippen LogP) is 5.79. The number of nitrogens with one attached hydrogen (secondary N) is 1. The van der Waals surface area contributed by atoms with Crippen molar-refractivity contribution in [3.8, 4) is 11.5 Å². The molecule has 216 valence electrons. The SMILES string of the molecule is CCCCN1C(=O)[C@@H](CC2(O)CCCCC2)NC(=O)C12CCN(Cc1ccc(Oc3ccc(Br)cc3)cc1)CC2. The molecule has 40 heavy (non-hydrogen) atoms. The second-order valence-electron chi connectivity index (χ2n) is 11.9. The molecule has 1 aliphatic carbocycles. The highest BCUT2D eigenvalue weighted by atomic mass is 79.9. The fourth-order valence-corrected chi connectivity index (χ4v) is 6.85. The van der Waals surface area contributed by atoms with E-state index in [1.165, 1.54) is 5.56 Å². The van der Waals surface area contributed by atoms with Crippen molar-refractivity contribution in [2.24, 2.45) is 0 Å². The van der Waals surface area contributed by atoms with Crippen molar-refractivity contribution in [3.63, 3.8) is 0 Å². The normalized spacial score (nSPS) is 22.8. The van der Waals surface area contributed by atoms with E-state index < -0.39 is 17.2 Å². The first-order valence-electron chi connectivity index (χ1n) is 14.9. The first-order valence-corrected chi connectivity index (χ1v) is 15.7. The lowest BCUT2D eigenvalue weighted by atomic mass is 9.77. The summed E-state index contributed by atoms with van der Waals surface area (Å²) >= 11 is 3.44. The van der Waals surface area contributed by atoms with Gasteiger partial charge in [-0.25, -0.2) is 0 Å². The Morgan fingerprint density at radius 3 is 2.20 bits per heavy atom. The van der Waals surface area contributed by atoms with E-state index in [0.29, 0.717) is 38.6 Å². The quantitative estimate of drug-likeness (QED) is 0.375. The highest BCUT2D eigenvalue weighted by molar-refractivity contribution is 9.10. The third-order valence-electron chi connectivity index (χ3n) is 8.97. The van der Waals surface area contributed by atoms with Gasteiger partial charge in [0.25, 0.3) is 0 Å². The Balaban J connectivity index is 1.21. The zero-order valence-corrected chi connectivity index (χ0v) is 25.1. The van der Waals surface area contributed by atoms with E-state index in [-0.39, 0.29) is 11.8 Å². The Morgan fingerprint density at radius 1 is 0.950 bits per heavy atom. The number of hydrogen-bond acceptors (Lipinski definition) is 5. The molecule has 2 aliphatic heterocycles. The largest absolute Gasteiger partial charge is 0.457 e. The summed E-state index contributed by atoms with van der Waals surface area (Å²) in [5, 5.41) is 14.2. The summed E-state index contributed by atoms with van der Waals surface area (Å²) in [6.07, 6.45) is 7.89. The number of amides is 2. The number of likely N-dealkylation sites (tertiary alicyclic amines) is 1. The van der Waals surface area contributed by atoms with Gasteiger partial charge in [0.15, 0.2) is 0 Å². The summed E-state index contributed by atoms with van der Waals surface area (Å²) in [7, 11) is 0. The van der Waals surface area contributed by atoms with Crippen LogP contribution in [0.1, 0.15) is 76.7 Å². The molecule has 0 unspecified atom stereocenters. The van der Waals surface area contributed by atoms with Gasteiger partial charge in [-0.15, -0.1) is 0 Å². The molecule has 2 amide bonds. The second-order valence-corrected chi connectivity index (χ2v) is 12.8. The third-order valence-corrected chi connectivity index (χ3v) is 9.50. The van der Waals surface area contributed by atoms with Crippen LogP contribution >= 0.6 is 15.9 Å². The minimum atomic E-state index is -0.852. The second kappa shape index (κ2) is 12.6. The summed E-state index contributed by atoms with van der Waals surface area (Å²) in [5.74, 6) is 1.53. The van der Waals surface area contributed by atoms with Crippen LogP contribution in [0.15, 0.2) is 53.0 Å². The van der Waals surface area contributed by atoms with E-state index in [1.54, 1.807) is 0 Å². The molecule has 3 fully saturated rings. The number of carbonyl (C=O) groups is 2.